The molecule has 2 rings (SSSR count). The first-order valence-electron chi connectivity index (χ1n) is 6.29. The van der Waals surface area contributed by atoms with Gasteiger partial charge in [0, 0.05) is 16.0 Å². The fraction of sp³-hybridized carbons (Fsp3) is 0.0769. The first-order valence-corrected chi connectivity index (χ1v) is 8.24. The topological polar surface area (TPSA) is 86.3 Å². The molecule has 2 aromatic rings. The van der Waals surface area contributed by atoms with Crippen molar-refractivity contribution in [2.75, 3.05) is 0 Å². The maximum atomic E-state index is 13.0. The smallest absolute Gasteiger partial charge is 0.258 e. The Balaban J connectivity index is 2.80. The summed E-state index contributed by atoms with van der Waals surface area (Å²) in [6.07, 6.45) is -5.12. The third-order valence-electron chi connectivity index (χ3n) is 2.96. The summed E-state index contributed by atoms with van der Waals surface area (Å²) in [5.74, 6) is 0. The van der Waals surface area contributed by atoms with E-state index in [1.165, 1.54) is 18.2 Å². The molecule has 0 heterocycles. The number of benzene rings is 2. The molecule has 0 aromatic heterocycles. The van der Waals surface area contributed by atoms with Gasteiger partial charge in [0.15, 0.2) is 4.90 Å². The lowest BCUT2D eigenvalue weighted by Crippen LogP contribution is -2.09. The fourth-order valence-corrected chi connectivity index (χ4v) is 3.82. The lowest BCUT2D eigenvalue weighted by atomic mass is 10.1. The van der Waals surface area contributed by atoms with Gasteiger partial charge in [0.05, 0.1) is 20.4 Å². The molecule has 0 spiro atoms. The number of nitro benzene ring substituents is 2. The molecule has 26 heavy (non-hydrogen) atoms. The molecule has 0 fully saturated rings. The molecular formula is C13H4Cl3F3N2O4S. The molecule has 0 radical (unpaired) electrons. The minimum atomic E-state index is -5.12. The highest BCUT2D eigenvalue weighted by molar-refractivity contribution is 7.99. The van der Waals surface area contributed by atoms with E-state index < -0.39 is 42.9 Å². The summed E-state index contributed by atoms with van der Waals surface area (Å²) in [5, 5.41) is 21.5. The van der Waals surface area contributed by atoms with Crippen LogP contribution in [-0.4, -0.2) is 9.85 Å². The third-order valence-corrected chi connectivity index (χ3v) is 5.19. The molecule has 0 atom stereocenters. The molecule has 138 valence electrons. The van der Waals surface area contributed by atoms with E-state index in [0.717, 1.165) is 0 Å². The lowest BCUT2D eigenvalue weighted by molar-refractivity contribution is -0.400. The van der Waals surface area contributed by atoms with Gasteiger partial charge >= 0.3 is 11.9 Å². The van der Waals surface area contributed by atoms with Gasteiger partial charge in [0.2, 0.25) is 0 Å². The zero-order valence-electron chi connectivity index (χ0n) is 12.0. The Kier molecular flexibility index (Phi) is 5.91. The van der Waals surface area contributed by atoms with Crippen LogP contribution in [0.1, 0.15) is 5.56 Å². The summed E-state index contributed by atoms with van der Waals surface area (Å²) in [6, 6.07) is 4.10. The molecule has 0 saturated carbocycles. The van der Waals surface area contributed by atoms with E-state index in [4.69, 9.17) is 34.8 Å². The van der Waals surface area contributed by atoms with Crippen molar-refractivity contribution in [1.29, 1.82) is 0 Å². The van der Waals surface area contributed by atoms with Crippen molar-refractivity contribution in [1.82, 2.24) is 0 Å². The molecule has 0 bridgehead atoms. The van der Waals surface area contributed by atoms with E-state index in [-0.39, 0.29) is 21.0 Å². The van der Waals surface area contributed by atoms with Gasteiger partial charge < -0.3 is 0 Å². The normalized spacial score (nSPS) is 11.5. The second-order valence-corrected chi connectivity index (χ2v) is 6.90. The maximum Gasteiger partial charge on any atom is 0.418 e. The van der Waals surface area contributed by atoms with Crippen LogP contribution in [0.15, 0.2) is 34.1 Å². The highest BCUT2D eigenvalue weighted by Gasteiger charge is 2.42. The van der Waals surface area contributed by atoms with E-state index in [1.807, 2.05) is 0 Å². The van der Waals surface area contributed by atoms with Crippen LogP contribution in [0.4, 0.5) is 24.5 Å². The van der Waals surface area contributed by atoms with Crippen LogP contribution < -0.4 is 0 Å². The van der Waals surface area contributed by atoms with Crippen molar-refractivity contribution in [3.63, 3.8) is 0 Å². The molecule has 0 aliphatic rings. The van der Waals surface area contributed by atoms with Crippen LogP contribution in [0, 0.1) is 20.2 Å². The zero-order valence-corrected chi connectivity index (χ0v) is 15.1. The van der Waals surface area contributed by atoms with Crippen LogP contribution in [0.25, 0.3) is 0 Å². The van der Waals surface area contributed by atoms with E-state index >= 15 is 0 Å². The van der Waals surface area contributed by atoms with Crippen LogP contribution in [0.2, 0.25) is 15.1 Å². The number of rotatable bonds is 4. The molecule has 2 aromatic carbocycles. The van der Waals surface area contributed by atoms with Gasteiger partial charge in [-0.1, -0.05) is 46.6 Å². The number of halogens is 6. The zero-order chi connectivity index (χ0) is 19.8. The molecule has 0 aliphatic heterocycles. The van der Waals surface area contributed by atoms with Gasteiger partial charge in [-0.15, -0.1) is 0 Å². The second-order valence-electron chi connectivity index (χ2n) is 4.62. The monoisotopic (exact) mass is 446 g/mol. The molecule has 0 saturated heterocycles. The predicted octanol–water partition coefficient (Wildman–Crippen LogP) is 6.63. The van der Waals surface area contributed by atoms with Gasteiger partial charge in [-0.3, -0.25) is 20.2 Å². The van der Waals surface area contributed by atoms with Crippen molar-refractivity contribution in [2.24, 2.45) is 0 Å². The van der Waals surface area contributed by atoms with Crippen LogP contribution in [-0.2, 0) is 6.18 Å². The minimum absolute atomic E-state index is 0.00196. The van der Waals surface area contributed by atoms with Gasteiger partial charge in [0.1, 0.15) is 5.02 Å². The Morgan fingerprint density at radius 2 is 1.62 bits per heavy atom. The molecular weight excluding hydrogens is 444 g/mol. The summed E-state index contributed by atoms with van der Waals surface area (Å²) in [6.45, 7) is 0. The fourth-order valence-electron chi connectivity index (χ4n) is 1.89. The third kappa shape index (κ3) is 4.14. The molecule has 6 nitrogen and oxygen atoms in total. The number of nitro groups is 2. The van der Waals surface area contributed by atoms with Crippen molar-refractivity contribution in [3.8, 4) is 0 Å². The Morgan fingerprint density at radius 1 is 1.00 bits per heavy atom. The number of alkyl halides is 3. The summed E-state index contributed by atoms with van der Waals surface area (Å²) < 4.78 is 39.1. The van der Waals surface area contributed by atoms with Gasteiger partial charge in [-0.25, -0.2) is 0 Å². The van der Waals surface area contributed by atoms with E-state index in [9.17, 15) is 33.4 Å². The van der Waals surface area contributed by atoms with E-state index in [0.29, 0.717) is 11.8 Å². The molecule has 13 heteroatoms. The van der Waals surface area contributed by atoms with Crippen LogP contribution in [0.5, 0.6) is 0 Å². The van der Waals surface area contributed by atoms with Gasteiger partial charge in [0.25, 0.3) is 5.69 Å². The molecule has 0 amide bonds. The Hall–Kier alpha value is -1.75. The first-order chi connectivity index (χ1) is 11.9. The molecule has 0 aliphatic carbocycles. The summed E-state index contributed by atoms with van der Waals surface area (Å²) in [7, 11) is 0. The van der Waals surface area contributed by atoms with E-state index in [1.54, 1.807) is 0 Å². The highest BCUT2D eigenvalue weighted by atomic mass is 35.5. The first kappa shape index (κ1) is 20.6. The average molecular weight is 448 g/mol. The lowest BCUT2D eigenvalue weighted by Gasteiger charge is -2.12. The predicted molar refractivity (Wildman–Crippen MR) is 90.3 cm³/mol. The van der Waals surface area contributed by atoms with Crippen LogP contribution in [0.3, 0.4) is 0 Å². The van der Waals surface area contributed by atoms with E-state index in [2.05, 4.69) is 0 Å². The maximum absolute atomic E-state index is 13.0. The number of hydrogen-bond donors (Lipinski definition) is 0. The SMILES string of the molecule is O=[N+]([O-])c1cc(C(F)(F)F)c(Cl)c([N+](=O)[O-])c1Sc1ccc(Cl)cc1Cl. The molecule has 0 N–H and O–H groups in total. The van der Waals surface area contributed by atoms with Gasteiger partial charge in [-0.2, -0.15) is 13.2 Å². The summed E-state index contributed by atoms with van der Waals surface area (Å²) in [5.41, 5.74) is -4.03. The number of nitrogens with zero attached hydrogens (tertiary/aromatic N) is 2. The Bertz CT molecular complexity index is 924. The summed E-state index contributed by atoms with van der Waals surface area (Å²) in [4.78, 5) is 19.6. The Labute approximate surface area is 162 Å². The largest absolute Gasteiger partial charge is 0.418 e. The highest BCUT2D eigenvalue weighted by Crippen LogP contribution is 2.50. The van der Waals surface area contributed by atoms with Crippen LogP contribution >= 0.6 is 46.6 Å². The second kappa shape index (κ2) is 7.47. The standard InChI is InChI=1S/C13H4Cl3F3N2O4S/c14-5-1-2-9(7(15)3-5)26-12-8(20(22)23)4-6(13(17,18)19)10(16)11(12)21(24)25/h1-4H. The minimum Gasteiger partial charge on any atom is -0.258 e. The summed E-state index contributed by atoms with van der Waals surface area (Å²) >= 11 is 17.6. The average Bonchev–Trinajstić information content (AvgIpc) is 2.48. The Morgan fingerprint density at radius 3 is 2.08 bits per heavy atom. The van der Waals surface area contributed by atoms with Crippen molar-refractivity contribution in [3.05, 3.63) is 65.1 Å². The quantitative estimate of drug-likeness (QED) is 0.388. The van der Waals surface area contributed by atoms with Crippen molar-refractivity contribution in [2.45, 2.75) is 16.0 Å². The molecule has 0 unspecified atom stereocenters. The van der Waals surface area contributed by atoms with Gasteiger partial charge in [-0.05, 0) is 18.2 Å². The number of hydrogen-bond acceptors (Lipinski definition) is 5. The van der Waals surface area contributed by atoms with Crippen molar-refractivity contribution >= 4 is 57.9 Å². The van der Waals surface area contributed by atoms with Crippen molar-refractivity contribution < 1.29 is 23.0 Å².